The zero-order chi connectivity index (χ0) is 27.4. The van der Waals surface area contributed by atoms with Gasteiger partial charge in [0.2, 0.25) is 5.88 Å². The highest BCUT2D eigenvalue weighted by atomic mass is 35.5. The highest BCUT2D eigenvalue weighted by molar-refractivity contribution is 7.98. The number of benzene rings is 4. The van der Waals surface area contributed by atoms with E-state index >= 15 is 0 Å². The highest BCUT2D eigenvalue weighted by Crippen LogP contribution is 2.43. The molecule has 0 unspecified atom stereocenters. The summed E-state index contributed by atoms with van der Waals surface area (Å²) < 4.78 is 17.2. The molecule has 1 aliphatic heterocycles. The fourth-order valence-electron chi connectivity index (χ4n) is 4.24. The van der Waals surface area contributed by atoms with E-state index in [0.29, 0.717) is 40.0 Å². The van der Waals surface area contributed by atoms with E-state index in [9.17, 15) is 10.1 Å². The van der Waals surface area contributed by atoms with Crippen molar-refractivity contribution < 1.29 is 19.0 Å². The molecule has 0 fully saturated rings. The van der Waals surface area contributed by atoms with Crippen LogP contribution in [0, 0.1) is 11.3 Å². The van der Waals surface area contributed by atoms with Crippen molar-refractivity contribution in [3.63, 3.8) is 0 Å². The van der Waals surface area contributed by atoms with Gasteiger partial charge in [0.15, 0.2) is 0 Å². The van der Waals surface area contributed by atoms with E-state index in [1.807, 2.05) is 42.7 Å². The maximum absolute atomic E-state index is 12.8. The van der Waals surface area contributed by atoms with E-state index < -0.39 is 5.97 Å². The summed E-state index contributed by atoms with van der Waals surface area (Å²) in [6.07, 6.45) is 2.01. The van der Waals surface area contributed by atoms with E-state index in [1.165, 1.54) is 0 Å². The van der Waals surface area contributed by atoms with Gasteiger partial charge in [-0.05, 0) is 72.0 Å². The number of fused-ring (bicyclic) bond motifs is 1. The summed E-state index contributed by atoms with van der Waals surface area (Å²) in [4.78, 5) is 13.9. The molecule has 6 nitrogen and oxygen atoms in total. The molecular weight excluding hydrogens is 532 g/mol. The van der Waals surface area contributed by atoms with Crippen LogP contribution in [0.15, 0.2) is 107 Å². The van der Waals surface area contributed by atoms with Crippen LogP contribution >= 0.6 is 23.4 Å². The molecule has 194 valence electrons. The van der Waals surface area contributed by atoms with Crippen LogP contribution in [-0.2, 0) is 6.61 Å². The second-order valence-electron chi connectivity index (χ2n) is 8.73. The first kappa shape index (κ1) is 26.2. The number of nitriles is 1. The second-order valence-corrected chi connectivity index (χ2v) is 10.0. The van der Waals surface area contributed by atoms with E-state index in [-0.39, 0.29) is 11.8 Å². The van der Waals surface area contributed by atoms with Crippen LogP contribution in [-0.4, -0.2) is 12.2 Å². The molecule has 39 heavy (non-hydrogen) atoms. The molecule has 1 aliphatic rings. The number of ether oxygens (including phenoxy) is 3. The first-order chi connectivity index (χ1) is 18.9. The van der Waals surface area contributed by atoms with Gasteiger partial charge in [0.25, 0.3) is 0 Å². The number of halogens is 1. The Bertz CT molecular complexity index is 1580. The maximum atomic E-state index is 12.8. The molecule has 5 rings (SSSR count). The average molecular weight is 555 g/mol. The van der Waals surface area contributed by atoms with Crippen molar-refractivity contribution in [3.8, 4) is 23.3 Å². The quantitative estimate of drug-likeness (QED) is 0.148. The molecule has 0 aromatic heterocycles. The van der Waals surface area contributed by atoms with Gasteiger partial charge in [-0.25, -0.2) is 4.79 Å². The van der Waals surface area contributed by atoms with Crippen molar-refractivity contribution in [2.45, 2.75) is 17.4 Å². The molecule has 0 radical (unpaired) electrons. The van der Waals surface area contributed by atoms with E-state index in [0.717, 1.165) is 21.6 Å². The third-order valence-corrected chi connectivity index (χ3v) is 7.25. The molecule has 8 heteroatoms. The number of carbonyl (C=O) groups is 1. The standard InChI is InChI=1S/C31H23ClN2O4S/c1-39-25-13-6-20(7-14-25)29-26-15-12-24(16-28(26)38-30(34)27(29)17-33)37-31(35)21-4-10-23(11-5-21)36-18-19-2-8-22(32)9-3-19/h2-16,29H,18,34H2,1H3/t29-/m0/s1. The number of hydrogen-bond acceptors (Lipinski definition) is 7. The molecule has 1 atom stereocenters. The van der Waals surface area contributed by atoms with Gasteiger partial charge in [-0.3, -0.25) is 0 Å². The second kappa shape index (κ2) is 11.6. The summed E-state index contributed by atoms with van der Waals surface area (Å²) in [7, 11) is 0. The molecule has 4 aromatic rings. The lowest BCUT2D eigenvalue weighted by atomic mass is 9.83. The summed E-state index contributed by atoms with van der Waals surface area (Å²) in [6, 6.07) is 29.4. The summed E-state index contributed by atoms with van der Waals surface area (Å²) in [5.41, 5.74) is 9.48. The minimum atomic E-state index is -0.527. The minimum Gasteiger partial charge on any atom is -0.489 e. The van der Waals surface area contributed by atoms with E-state index in [4.69, 9.17) is 31.5 Å². The van der Waals surface area contributed by atoms with Crippen molar-refractivity contribution in [3.05, 3.63) is 130 Å². The van der Waals surface area contributed by atoms with Crippen LogP contribution in [0.4, 0.5) is 0 Å². The van der Waals surface area contributed by atoms with Gasteiger partial charge in [-0.2, -0.15) is 5.26 Å². The number of nitrogens with two attached hydrogens (primary N) is 1. The average Bonchev–Trinajstić information content (AvgIpc) is 2.96. The van der Waals surface area contributed by atoms with Crippen LogP contribution in [0.1, 0.15) is 33.0 Å². The number of rotatable bonds is 7. The fourth-order valence-corrected chi connectivity index (χ4v) is 4.77. The Morgan fingerprint density at radius 2 is 1.69 bits per heavy atom. The number of thioether (sulfide) groups is 1. The van der Waals surface area contributed by atoms with E-state index in [1.54, 1.807) is 66.4 Å². The molecule has 0 aliphatic carbocycles. The Kier molecular flexibility index (Phi) is 7.78. The van der Waals surface area contributed by atoms with Crippen molar-refractivity contribution in [2.24, 2.45) is 5.73 Å². The van der Waals surface area contributed by atoms with Gasteiger partial charge < -0.3 is 19.9 Å². The Hall–Kier alpha value is -4.38. The van der Waals surface area contributed by atoms with Gasteiger partial charge in [0.05, 0.1) is 11.5 Å². The topological polar surface area (TPSA) is 94.6 Å². The smallest absolute Gasteiger partial charge is 0.343 e. The fraction of sp³-hybridized carbons (Fsp3) is 0.0968. The van der Waals surface area contributed by atoms with Gasteiger partial charge in [0, 0.05) is 21.5 Å². The molecule has 0 amide bonds. The van der Waals surface area contributed by atoms with Crippen molar-refractivity contribution in [1.29, 1.82) is 5.26 Å². The monoisotopic (exact) mass is 554 g/mol. The van der Waals surface area contributed by atoms with Crippen LogP contribution in [0.5, 0.6) is 17.2 Å². The predicted octanol–water partition coefficient (Wildman–Crippen LogP) is 7.08. The third kappa shape index (κ3) is 5.88. The van der Waals surface area contributed by atoms with Crippen LogP contribution < -0.4 is 19.9 Å². The van der Waals surface area contributed by atoms with E-state index in [2.05, 4.69) is 6.07 Å². The molecule has 0 spiro atoms. The molecule has 0 saturated heterocycles. The summed E-state index contributed by atoms with van der Waals surface area (Å²) >= 11 is 7.56. The molecule has 2 N–H and O–H groups in total. The summed E-state index contributed by atoms with van der Waals surface area (Å²) in [5, 5.41) is 10.5. The first-order valence-corrected chi connectivity index (χ1v) is 13.6. The van der Waals surface area contributed by atoms with Crippen molar-refractivity contribution in [2.75, 3.05) is 6.26 Å². The predicted molar refractivity (Wildman–Crippen MR) is 151 cm³/mol. The van der Waals surface area contributed by atoms with Gasteiger partial charge in [-0.1, -0.05) is 41.9 Å². The Balaban J connectivity index is 1.30. The van der Waals surface area contributed by atoms with Crippen LogP contribution in [0.3, 0.4) is 0 Å². The number of allylic oxidation sites excluding steroid dienone is 1. The number of hydrogen-bond donors (Lipinski definition) is 1. The third-order valence-electron chi connectivity index (χ3n) is 6.26. The van der Waals surface area contributed by atoms with Gasteiger partial charge in [0.1, 0.15) is 35.5 Å². The summed E-state index contributed by atoms with van der Waals surface area (Å²) in [6.45, 7) is 0.379. The number of esters is 1. The molecule has 4 aromatic carbocycles. The SMILES string of the molecule is CSc1ccc([C@@H]2C(C#N)=C(N)Oc3cc(OC(=O)c4ccc(OCc5ccc(Cl)cc5)cc4)ccc32)cc1. The minimum absolute atomic E-state index is 0.0293. The maximum Gasteiger partial charge on any atom is 0.343 e. The van der Waals surface area contributed by atoms with Gasteiger partial charge >= 0.3 is 5.97 Å². The Labute approximate surface area is 235 Å². The van der Waals surface area contributed by atoms with Crippen LogP contribution in [0.2, 0.25) is 5.02 Å². The van der Waals surface area contributed by atoms with Crippen molar-refractivity contribution in [1.82, 2.24) is 0 Å². The van der Waals surface area contributed by atoms with Crippen molar-refractivity contribution >= 4 is 29.3 Å². The zero-order valence-corrected chi connectivity index (χ0v) is 22.5. The number of carbonyl (C=O) groups excluding carboxylic acids is 1. The Morgan fingerprint density at radius 3 is 2.36 bits per heavy atom. The zero-order valence-electron chi connectivity index (χ0n) is 20.9. The normalized spacial score (nSPS) is 14.1. The molecule has 0 saturated carbocycles. The lowest BCUT2D eigenvalue weighted by Gasteiger charge is -2.26. The van der Waals surface area contributed by atoms with Gasteiger partial charge in [-0.15, -0.1) is 11.8 Å². The highest BCUT2D eigenvalue weighted by Gasteiger charge is 2.31. The molecular formula is C31H23ClN2O4S. The first-order valence-electron chi connectivity index (χ1n) is 12.0. The lowest BCUT2D eigenvalue weighted by molar-refractivity contribution is 0.0734. The van der Waals surface area contributed by atoms with Crippen LogP contribution in [0.25, 0.3) is 0 Å². The largest absolute Gasteiger partial charge is 0.489 e. The summed E-state index contributed by atoms with van der Waals surface area (Å²) in [5.74, 6) is 0.464. The molecule has 1 heterocycles. The number of nitrogens with zero attached hydrogens (tertiary/aromatic N) is 1. The Morgan fingerprint density at radius 1 is 1.00 bits per heavy atom. The lowest BCUT2D eigenvalue weighted by Crippen LogP contribution is -2.21. The molecule has 0 bridgehead atoms.